The minimum absolute atomic E-state index is 0.0909. The molecule has 1 aliphatic heterocycles. The van der Waals surface area contributed by atoms with E-state index in [1.807, 2.05) is 6.07 Å². The second-order valence-electron chi connectivity index (χ2n) is 6.01. The highest BCUT2D eigenvalue weighted by Gasteiger charge is 2.13. The van der Waals surface area contributed by atoms with Crippen molar-refractivity contribution in [3.05, 3.63) is 29.3 Å². The molecule has 0 aromatic heterocycles. The molecule has 8 nitrogen and oxygen atoms in total. The van der Waals surface area contributed by atoms with Crippen molar-refractivity contribution < 1.29 is 28.5 Å². The summed E-state index contributed by atoms with van der Waals surface area (Å²) in [5, 5.41) is 9.22. The van der Waals surface area contributed by atoms with Gasteiger partial charge < -0.3 is 23.7 Å². The molecule has 1 fully saturated rings. The predicted molar refractivity (Wildman–Crippen MR) is 102 cm³/mol. The fraction of sp³-hybridized carbons (Fsp3) is 0.500. The van der Waals surface area contributed by atoms with E-state index in [9.17, 15) is 10.1 Å². The number of carbonyl (C=O) groups is 1. The lowest BCUT2D eigenvalue weighted by Crippen LogP contribution is -2.38. The van der Waals surface area contributed by atoms with Crippen LogP contribution in [0.25, 0.3) is 6.08 Å². The molecule has 1 aromatic carbocycles. The predicted octanol–water partition coefficient (Wildman–Crippen LogP) is 1.50. The summed E-state index contributed by atoms with van der Waals surface area (Å²) in [4.78, 5) is 14.2. The Morgan fingerprint density at radius 3 is 2.68 bits per heavy atom. The normalized spacial score (nSPS) is 15.0. The molecule has 0 unspecified atom stereocenters. The summed E-state index contributed by atoms with van der Waals surface area (Å²) in [6, 6.07) is 7.09. The number of esters is 1. The molecule has 0 amide bonds. The van der Waals surface area contributed by atoms with Gasteiger partial charge in [0.15, 0.2) is 11.5 Å². The van der Waals surface area contributed by atoms with Gasteiger partial charge in [-0.25, -0.2) is 4.79 Å². The topological polar surface area (TPSA) is 90.2 Å². The lowest BCUT2D eigenvalue weighted by atomic mass is 10.1. The first-order valence-electron chi connectivity index (χ1n) is 9.06. The van der Waals surface area contributed by atoms with Gasteiger partial charge in [0.25, 0.3) is 0 Å². The molecule has 152 valence electrons. The van der Waals surface area contributed by atoms with Gasteiger partial charge in [0.2, 0.25) is 0 Å². The second kappa shape index (κ2) is 12.0. The number of rotatable bonds is 10. The van der Waals surface area contributed by atoms with E-state index in [-0.39, 0.29) is 18.8 Å². The number of morpholine rings is 1. The third-order valence-electron chi connectivity index (χ3n) is 4.13. The maximum Gasteiger partial charge on any atom is 0.348 e. The zero-order valence-electron chi connectivity index (χ0n) is 16.3. The summed E-state index contributed by atoms with van der Waals surface area (Å²) in [5.74, 6) is 0.444. The van der Waals surface area contributed by atoms with Gasteiger partial charge in [0.1, 0.15) is 24.9 Å². The third kappa shape index (κ3) is 6.85. The Bertz CT molecular complexity index is 707. The van der Waals surface area contributed by atoms with Crippen LogP contribution in [0, 0.1) is 11.3 Å². The number of nitrogens with zero attached hydrogens (tertiary/aromatic N) is 2. The molecule has 0 N–H and O–H groups in total. The quantitative estimate of drug-likeness (QED) is 0.257. The number of methoxy groups -OCH3 is 2. The molecular formula is C20H26N2O6. The molecule has 2 rings (SSSR count). The molecule has 0 radical (unpaired) electrons. The summed E-state index contributed by atoms with van der Waals surface area (Å²) in [6.45, 7) is 5.01. The van der Waals surface area contributed by atoms with Gasteiger partial charge in [0, 0.05) is 26.7 Å². The highest BCUT2D eigenvalue weighted by Crippen LogP contribution is 2.29. The van der Waals surface area contributed by atoms with E-state index in [0.717, 1.165) is 32.8 Å². The fourth-order valence-corrected chi connectivity index (χ4v) is 2.60. The molecule has 0 atom stereocenters. The average molecular weight is 390 g/mol. The van der Waals surface area contributed by atoms with Crippen LogP contribution in [0.15, 0.2) is 23.8 Å². The van der Waals surface area contributed by atoms with E-state index < -0.39 is 5.97 Å². The first-order chi connectivity index (χ1) is 13.7. The zero-order valence-corrected chi connectivity index (χ0v) is 16.3. The molecule has 1 aliphatic rings. The van der Waals surface area contributed by atoms with Crippen molar-refractivity contribution in [1.29, 1.82) is 5.26 Å². The summed E-state index contributed by atoms with van der Waals surface area (Å²) >= 11 is 0. The summed E-state index contributed by atoms with van der Waals surface area (Å²) < 4.78 is 26.3. The molecular weight excluding hydrogens is 364 g/mol. The van der Waals surface area contributed by atoms with Gasteiger partial charge in [-0.15, -0.1) is 0 Å². The van der Waals surface area contributed by atoms with Crippen molar-refractivity contribution in [2.75, 3.05) is 66.9 Å². The highest BCUT2D eigenvalue weighted by molar-refractivity contribution is 5.97. The van der Waals surface area contributed by atoms with Crippen molar-refractivity contribution >= 4 is 12.0 Å². The van der Waals surface area contributed by atoms with Crippen molar-refractivity contribution in [2.45, 2.75) is 0 Å². The molecule has 1 saturated heterocycles. The standard InChI is InChI=1S/C20H26N2O6/c1-24-11-12-28-20(23)17(15-21)13-16-3-4-18(19(14-16)25-2)27-10-7-22-5-8-26-9-6-22/h3-4,13-14H,5-12H2,1-2H3. The SMILES string of the molecule is COCCOC(=O)C(C#N)=Cc1ccc(OCCN2CCOCC2)c(OC)c1. The molecule has 0 spiro atoms. The molecule has 1 aromatic rings. The Morgan fingerprint density at radius 2 is 2.00 bits per heavy atom. The first-order valence-corrected chi connectivity index (χ1v) is 9.06. The fourth-order valence-electron chi connectivity index (χ4n) is 2.60. The smallest absolute Gasteiger partial charge is 0.348 e. The van der Waals surface area contributed by atoms with Crippen LogP contribution in [-0.4, -0.2) is 77.8 Å². The minimum Gasteiger partial charge on any atom is -0.493 e. The number of ether oxygens (including phenoxy) is 5. The lowest BCUT2D eigenvalue weighted by Gasteiger charge is -2.26. The molecule has 0 aliphatic carbocycles. The number of hydrogen-bond acceptors (Lipinski definition) is 8. The summed E-state index contributed by atoms with van der Waals surface area (Å²) in [6.07, 6.45) is 1.45. The molecule has 0 bridgehead atoms. The van der Waals surface area contributed by atoms with Gasteiger partial charge in [-0.1, -0.05) is 6.07 Å². The molecule has 28 heavy (non-hydrogen) atoms. The number of nitriles is 1. The average Bonchev–Trinajstić information content (AvgIpc) is 2.73. The van der Waals surface area contributed by atoms with Gasteiger partial charge in [0.05, 0.1) is 26.9 Å². The Balaban J connectivity index is 1.98. The third-order valence-corrected chi connectivity index (χ3v) is 4.13. The van der Waals surface area contributed by atoms with Gasteiger partial charge in [-0.05, 0) is 23.8 Å². The van der Waals surface area contributed by atoms with E-state index in [1.165, 1.54) is 13.2 Å². The van der Waals surface area contributed by atoms with Crippen LogP contribution in [0.5, 0.6) is 11.5 Å². The molecule has 8 heteroatoms. The van der Waals surface area contributed by atoms with Crippen molar-refractivity contribution in [2.24, 2.45) is 0 Å². The monoisotopic (exact) mass is 390 g/mol. The largest absolute Gasteiger partial charge is 0.493 e. The summed E-state index contributed by atoms with van der Waals surface area (Å²) in [5.41, 5.74) is 0.539. The Morgan fingerprint density at radius 1 is 1.21 bits per heavy atom. The molecule has 0 saturated carbocycles. The lowest BCUT2D eigenvalue weighted by molar-refractivity contribution is -0.139. The van der Waals surface area contributed by atoms with Crippen molar-refractivity contribution in [3.63, 3.8) is 0 Å². The maximum atomic E-state index is 11.9. The van der Waals surface area contributed by atoms with E-state index in [2.05, 4.69) is 4.90 Å². The first kappa shape index (κ1) is 21.7. The Kier molecular flexibility index (Phi) is 9.28. The van der Waals surface area contributed by atoms with Gasteiger partial charge in [-0.3, -0.25) is 4.90 Å². The second-order valence-corrected chi connectivity index (χ2v) is 6.01. The molecule has 1 heterocycles. The summed E-state index contributed by atoms with van der Waals surface area (Å²) in [7, 11) is 3.05. The van der Waals surface area contributed by atoms with Gasteiger partial charge >= 0.3 is 5.97 Å². The van der Waals surface area contributed by atoms with Crippen LogP contribution in [0.2, 0.25) is 0 Å². The highest BCUT2D eigenvalue weighted by atomic mass is 16.6. The van der Waals surface area contributed by atoms with Crippen molar-refractivity contribution in [3.8, 4) is 17.6 Å². The maximum absolute atomic E-state index is 11.9. The zero-order chi connectivity index (χ0) is 20.2. The van der Waals surface area contributed by atoms with Crippen LogP contribution >= 0.6 is 0 Å². The van der Waals surface area contributed by atoms with Crippen LogP contribution in [-0.2, 0) is 19.0 Å². The van der Waals surface area contributed by atoms with Crippen LogP contribution < -0.4 is 9.47 Å². The van der Waals surface area contributed by atoms with Gasteiger partial charge in [-0.2, -0.15) is 5.26 Å². The van der Waals surface area contributed by atoms with E-state index in [0.29, 0.717) is 23.7 Å². The van der Waals surface area contributed by atoms with Crippen LogP contribution in [0.4, 0.5) is 0 Å². The van der Waals surface area contributed by atoms with Crippen LogP contribution in [0.1, 0.15) is 5.56 Å². The Hall–Kier alpha value is -2.60. The van der Waals surface area contributed by atoms with Crippen LogP contribution in [0.3, 0.4) is 0 Å². The van der Waals surface area contributed by atoms with E-state index in [4.69, 9.17) is 23.7 Å². The number of carbonyl (C=O) groups excluding carboxylic acids is 1. The minimum atomic E-state index is -0.690. The number of benzene rings is 1. The number of hydrogen-bond donors (Lipinski definition) is 0. The Labute approximate surface area is 165 Å². The van der Waals surface area contributed by atoms with Crippen molar-refractivity contribution in [1.82, 2.24) is 4.90 Å². The van der Waals surface area contributed by atoms with E-state index >= 15 is 0 Å². The van der Waals surface area contributed by atoms with E-state index in [1.54, 1.807) is 25.3 Å².